The van der Waals surface area contributed by atoms with Crippen LogP contribution in [0.15, 0.2) is 22.7 Å². The van der Waals surface area contributed by atoms with Crippen LogP contribution in [0.5, 0.6) is 0 Å². The molecule has 0 fully saturated rings. The number of halogens is 1. The van der Waals surface area contributed by atoms with E-state index in [1.54, 1.807) is 6.92 Å². The van der Waals surface area contributed by atoms with E-state index >= 15 is 0 Å². The lowest BCUT2D eigenvalue weighted by Gasteiger charge is -2.16. The fourth-order valence-electron chi connectivity index (χ4n) is 1.40. The van der Waals surface area contributed by atoms with E-state index < -0.39 is 0 Å². The van der Waals surface area contributed by atoms with Crippen molar-refractivity contribution >= 4 is 15.9 Å². The molecule has 1 rings (SSSR count). The van der Waals surface area contributed by atoms with Crippen molar-refractivity contribution in [2.24, 2.45) is 0 Å². The quantitative estimate of drug-likeness (QED) is 0.883. The maximum atomic E-state index is 9.18. The number of hydrogen-bond acceptors (Lipinski definition) is 2. The monoisotopic (exact) mass is 271 g/mol. The highest BCUT2D eigenvalue weighted by Gasteiger charge is 2.06. The number of benzene rings is 1. The highest BCUT2D eigenvalue weighted by atomic mass is 79.9. The van der Waals surface area contributed by atoms with Crippen molar-refractivity contribution < 1.29 is 5.11 Å². The largest absolute Gasteiger partial charge is 0.392 e. The van der Waals surface area contributed by atoms with Crippen molar-refractivity contribution in [3.8, 4) is 0 Å². The average molecular weight is 272 g/mol. The van der Waals surface area contributed by atoms with Gasteiger partial charge in [0.15, 0.2) is 0 Å². The maximum absolute atomic E-state index is 9.18. The number of rotatable bonds is 4. The van der Waals surface area contributed by atoms with Gasteiger partial charge in [0, 0.05) is 17.1 Å². The smallest absolute Gasteiger partial charge is 0.0636 e. The summed E-state index contributed by atoms with van der Waals surface area (Å²) in [5.41, 5.74) is 2.48. The zero-order valence-electron chi connectivity index (χ0n) is 9.42. The Balaban J connectivity index is 2.65. The average Bonchev–Trinajstić information content (AvgIpc) is 2.18. The van der Waals surface area contributed by atoms with Crippen molar-refractivity contribution in [3.63, 3.8) is 0 Å². The van der Waals surface area contributed by atoms with Gasteiger partial charge in [-0.25, -0.2) is 0 Å². The second kappa shape index (κ2) is 5.64. The first-order chi connectivity index (χ1) is 7.00. The van der Waals surface area contributed by atoms with E-state index in [2.05, 4.69) is 53.3 Å². The Bertz CT molecular complexity index is 325. The van der Waals surface area contributed by atoms with Crippen LogP contribution >= 0.6 is 15.9 Å². The van der Waals surface area contributed by atoms with E-state index in [-0.39, 0.29) is 12.1 Å². The van der Waals surface area contributed by atoms with Crippen LogP contribution in [0.2, 0.25) is 0 Å². The molecular weight excluding hydrogens is 254 g/mol. The minimum atomic E-state index is -0.302. The molecule has 0 bridgehead atoms. The second-order valence-corrected chi connectivity index (χ2v) is 4.84. The van der Waals surface area contributed by atoms with E-state index in [1.807, 2.05) is 0 Å². The molecule has 0 saturated carbocycles. The van der Waals surface area contributed by atoms with Crippen molar-refractivity contribution in [1.82, 2.24) is 5.32 Å². The Hall–Kier alpha value is -0.380. The number of nitrogens with one attached hydrogen (secondary N) is 1. The lowest BCUT2D eigenvalue weighted by atomic mass is 10.1. The molecular formula is C12H18BrNO. The fraction of sp³-hybridized carbons (Fsp3) is 0.500. The Morgan fingerprint density at radius 3 is 2.60 bits per heavy atom. The Labute approximate surface area is 99.8 Å². The summed E-state index contributed by atoms with van der Waals surface area (Å²) in [5, 5.41) is 12.5. The first kappa shape index (κ1) is 12.7. The minimum Gasteiger partial charge on any atom is -0.392 e. The van der Waals surface area contributed by atoms with Gasteiger partial charge in [0.2, 0.25) is 0 Å². The van der Waals surface area contributed by atoms with Gasteiger partial charge < -0.3 is 10.4 Å². The molecule has 1 unspecified atom stereocenters. The minimum absolute atomic E-state index is 0.270. The molecule has 0 radical (unpaired) electrons. The molecule has 0 amide bonds. The molecule has 0 aliphatic rings. The van der Waals surface area contributed by atoms with Gasteiger partial charge in [0.1, 0.15) is 0 Å². The van der Waals surface area contributed by atoms with Crippen LogP contribution in [-0.2, 0) is 0 Å². The van der Waals surface area contributed by atoms with Gasteiger partial charge in [0.25, 0.3) is 0 Å². The predicted octanol–water partition coefficient (Wildman–Crippen LogP) is 2.79. The third-order valence-corrected chi connectivity index (χ3v) is 3.29. The lowest BCUT2D eigenvalue weighted by molar-refractivity contribution is 0.187. The number of aliphatic hydroxyl groups is 1. The van der Waals surface area contributed by atoms with Gasteiger partial charge >= 0.3 is 0 Å². The predicted molar refractivity (Wildman–Crippen MR) is 67.0 cm³/mol. The topological polar surface area (TPSA) is 32.3 Å². The van der Waals surface area contributed by atoms with Crippen LogP contribution in [0.25, 0.3) is 0 Å². The van der Waals surface area contributed by atoms with Gasteiger partial charge in [-0.3, -0.25) is 0 Å². The fourth-order valence-corrected chi connectivity index (χ4v) is 1.65. The van der Waals surface area contributed by atoms with Crippen LogP contribution in [0, 0.1) is 6.92 Å². The Morgan fingerprint density at radius 1 is 1.40 bits per heavy atom. The van der Waals surface area contributed by atoms with Crippen molar-refractivity contribution in [2.75, 3.05) is 6.54 Å². The van der Waals surface area contributed by atoms with Gasteiger partial charge in [-0.1, -0.05) is 28.1 Å². The van der Waals surface area contributed by atoms with E-state index in [1.165, 1.54) is 11.1 Å². The zero-order chi connectivity index (χ0) is 11.4. The van der Waals surface area contributed by atoms with Crippen LogP contribution in [-0.4, -0.2) is 17.8 Å². The summed E-state index contributed by atoms with van der Waals surface area (Å²) >= 11 is 3.48. The molecule has 84 valence electrons. The molecule has 0 aliphatic heterocycles. The van der Waals surface area contributed by atoms with Crippen molar-refractivity contribution in [3.05, 3.63) is 33.8 Å². The molecule has 2 nitrogen and oxygen atoms in total. The zero-order valence-corrected chi connectivity index (χ0v) is 11.0. The van der Waals surface area contributed by atoms with Gasteiger partial charge in [-0.2, -0.15) is 0 Å². The summed E-state index contributed by atoms with van der Waals surface area (Å²) in [5.74, 6) is 0. The van der Waals surface area contributed by atoms with Gasteiger partial charge in [-0.05, 0) is 38.0 Å². The van der Waals surface area contributed by atoms with Crippen LogP contribution in [0.4, 0.5) is 0 Å². The normalized spacial score (nSPS) is 15.0. The van der Waals surface area contributed by atoms with E-state index in [0.29, 0.717) is 6.54 Å². The molecule has 0 saturated heterocycles. The molecule has 0 aliphatic carbocycles. The Kier molecular flexibility index (Phi) is 4.77. The first-order valence-electron chi connectivity index (χ1n) is 5.18. The van der Waals surface area contributed by atoms with Gasteiger partial charge in [-0.15, -0.1) is 0 Å². The SMILES string of the molecule is Cc1cc(C(C)NC[C@@H](C)O)ccc1Br. The summed E-state index contributed by atoms with van der Waals surface area (Å²) in [7, 11) is 0. The van der Waals surface area contributed by atoms with E-state index in [4.69, 9.17) is 0 Å². The summed E-state index contributed by atoms with van der Waals surface area (Å²) in [4.78, 5) is 0. The molecule has 1 aromatic carbocycles. The molecule has 0 aromatic heterocycles. The van der Waals surface area contributed by atoms with Crippen LogP contribution in [0.3, 0.4) is 0 Å². The summed E-state index contributed by atoms with van der Waals surface area (Å²) in [6.45, 7) is 6.59. The molecule has 1 aromatic rings. The molecule has 2 N–H and O–H groups in total. The van der Waals surface area contributed by atoms with Crippen molar-refractivity contribution in [1.29, 1.82) is 0 Å². The standard InChI is InChI=1S/C12H18BrNO/c1-8-6-11(4-5-12(8)13)10(3)14-7-9(2)15/h4-6,9-10,14-15H,7H2,1-3H3/t9-,10?/m1/s1. The summed E-state index contributed by atoms with van der Waals surface area (Å²) < 4.78 is 1.13. The molecule has 2 atom stereocenters. The molecule has 0 heterocycles. The maximum Gasteiger partial charge on any atom is 0.0636 e. The number of aryl methyl sites for hydroxylation is 1. The number of hydrogen-bond donors (Lipinski definition) is 2. The summed E-state index contributed by atoms with van der Waals surface area (Å²) in [6.07, 6.45) is -0.302. The highest BCUT2D eigenvalue weighted by Crippen LogP contribution is 2.20. The van der Waals surface area contributed by atoms with E-state index in [0.717, 1.165) is 4.47 Å². The van der Waals surface area contributed by atoms with E-state index in [9.17, 15) is 5.11 Å². The highest BCUT2D eigenvalue weighted by molar-refractivity contribution is 9.10. The third-order valence-electron chi connectivity index (χ3n) is 2.40. The van der Waals surface area contributed by atoms with Crippen LogP contribution < -0.4 is 5.32 Å². The summed E-state index contributed by atoms with van der Waals surface area (Å²) in [6, 6.07) is 6.58. The lowest BCUT2D eigenvalue weighted by Crippen LogP contribution is -2.27. The van der Waals surface area contributed by atoms with Crippen LogP contribution in [0.1, 0.15) is 31.0 Å². The first-order valence-corrected chi connectivity index (χ1v) is 5.97. The molecule has 3 heteroatoms. The molecule has 15 heavy (non-hydrogen) atoms. The Morgan fingerprint density at radius 2 is 2.07 bits per heavy atom. The second-order valence-electron chi connectivity index (χ2n) is 3.99. The third kappa shape index (κ3) is 3.93. The molecule has 0 spiro atoms. The van der Waals surface area contributed by atoms with Gasteiger partial charge in [0.05, 0.1) is 6.10 Å². The number of aliphatic hydroxyl groups excluding tert-OH is 1. The van der Waals surface area contributed by atoms with Crippen molar-refractivity contribution in [2.45, 2.75) is 32.9 Å².